The average Bonchev–Trinajstić information content (AvgIpc) is 3.10. The van der Waals surface area contributed by atoms with Crippen molar-refractivity contribution in [1.29, 1.82) is 0 Å². The van der Waals surface area contributed by atoms with Gasteiger partial charge in [-0.3, -0.25) is 4.79 Å². The predicted molar refractivity (Wildman–Crippen MR) is 99.5 cm³/mol. The lowest BCUT2D eigenvalue weighted by Crippen LogP contribution is -2.55. The third-order valence-corrected chi connectivity index (χ3v) is 5.13. The van der Waals surface area contributed by atoms with Gasteiger partial charge < -0.3 is 25.7 Å². The molecule has 1 fully saturated rings. The molecule has 4 rings (SSSR count). The fraction of sp³-hybridized carbons (Fsp3) is 0.368. The van der Waals surface area contributed by atoms with Gasteiger partial charge in [-0.1, -0.05) is 12.2 Å². The number of allylic oxidation sites excluding steroid dienone is 2. The van der Waals surface area contributed by atoms with Gasteiger partial charge in [-0.2, -0.15) is 0 Å². The zero-order chi connectivity index (χ0) is 18.1. The van der Waals surface area contributed by atoms with Crippen molar-refractivity contribution in [2.24, 2.45) is 11.7 Å². The average molecular weight is 353 g/mol. The highest BCUT2D eigenvalue weighted by Crippen LogP contribution is 2.37. The van der Waals surface area contributed by atoms with E-state index >= 15 is 0 Å². The molecule has 4 N–H and O–H groups in total. The number of primary amides is 1. The van der Waals surface area contributed by atoms with Gasteiger partial charge in [0.1, 0.15) is 17.3 Å². The highest BCUT2D eigenvalue weighted by molar-refractivity contribution is 5.81. The number of aromatic amines is 1. The summed E-state index contributed by atoms with van der Waals surface area (Å²) in [6, 6.07) is 3.87. The molecule has 2 aromatic rings. The molecule has 3 heterocycles. The van der Waals surface area contributed by atoms with Crippen molar-refractivity contribution < 1.29 is 9.53 Å². The Kier molecular flexibility index (Phi) is 4.16. The van der Waals surface area contributed by atoms with Crippen molar-refractivity contribution in [3.05, 3.63) is 48.5 Å². The Balaban J connectivity index is 1.71. The van der Waals surface area contributed by atoms with E-state index in [-0.39, 0.29) is 0 Å². The van der Waals surface area contributed by atoms with E-state index < -0.39 is 17.4 Å². The van der Waals surface area contributed by atoms with Gasteiger partial charge in [-0.15, -0.1) is 0 Å². The number of fused-ring (bicyclic) bond motifs is 1. The minimum Gasteiger partial charge on any atom is -0.479 e. The smallest absolute Gasteiger partial charge is 0.228 e. The number of carbonyl (C=O) groups excluding carboxylic acids is 1. The topological polar surface area (TPSA) is 96.3 Å². The lowest BCUT2D eigenvalue weighted by molar-refractivity contribution is -0.125. The molecule has 1 aliphatic heterocycles. The molecular weight excluding hydrogens is 330 g/mol. The summed E-state index contributed by atoms with van der Waals surface area (Å²) in [6.45, 7) is 5.45. The van der Waals surface area contributed by atoms with Crippen LogP contribution in [0.2, 0.25) is 0 Å². The van der Waals surface area contributed by atoms with Crippen molar-refractivity contribution >= 4 is 16.9 Å². The summed E-state index contributed by atoms with van der Waals surface area (Å²) < 4.78 is 6.40. The Morgan fingerprint density at radius 3 is 3.00 bits per heavy atom. The van der Waals surface area contributed by atoms with Gasteiger partial charge in [0.25, 0.3) is 0 Å². The van der Waals surface area contributed by atoms with Crippen LogP contribution in [0.4, 0.5) is 0 Å². The maximum atomic E-state index is 12.2. The van der Waals surface area contributed by atoms with Crippen LogP contribution < -0.4 is 15.8 Å². The summed E-state index contributed by atoms with van der Waals surface area (Å²) in [5.74, 6) is -0.346. The van der Waals surface area contributed by atoms with E-state index in [4.69, 9.17) is 10.5 Å². The molecule has 1 aliphatic carbocycles. The number of rotatable bonds is 4. The highest BCUT2D eigenvalue weighted by Gasteiger charge is 2.46. The lowest BCUT2D eigenvalue weighted by atomic mass is 9.80. The quantitative estimate of drug-likeness (QED) is 0.767. The molecule has 0 spiro atoms. The second-order valence-corrected chi connectivity index (χ2v) is 6.85. The molecule has 2 aromatic heterocycles. The molecule has 2 atom stereocenters. The molecule has 2 unspecified atom stereocenters. The number of carbonyl (C=O) groups is 1. The van der Waals surface area contributed by atoms with Gasteiger partial charge >= 0.3 is 0 Å². The molecule has 0 bridgehead atoms. The Morgan fingerprint density at radius 2 is 2.23 bits per heavy atom. The number of nitrogens with zero attached hydrogens (tertiary/aromatic N) is 2. The summed E-state index contributed by atoms with van der Waals surface area (Å²) in [7, 11) is 0. The van der Waals surface area contributed by atoms with Gasteiger partial charge in [0, 0.05) is 37.8 Å². The first-order chi connectivity index (χ1) is 12.6. The number of piperazine rings is 1. The third-order valence-electron chi connectivity index (χ3n) is 5.13. The molecule has 0 saturated carbocycles. The molecule has 136 valence electrons. The number of aromatic nitrogens is 2. The summed E-state index contributed by atoms with van der Waals surface area (Å²) in [4.78, 5) is 21.9. The SMILES string of the molecule is CC1(Oc2cnc3[nH]ccc3c2)C(N2CCNCC2)=CC=CC1C(N)=O. The second kappa shape index (κ2) is 6.49. The van der Waals surface area contributed by atoms with Gasteiger partial charge in [0.05, 0.1) is 11.9 Å². The first-order valence-electron chi connectivity index (χ1n) is 8.84. The van der Waals surface area contributed by atoms with Crippen LogP contribution in [0, 0.1) is 5.92 Å². The number of nitrogens with two attached hydrogens (primary N) is 1. The van der Waals surface area contributed by atoms with E-state index in [1.807, 2.05) is 43.5 Å². The normalized spacial score (nSPS) is 26.0. The fourth-order valence-corrected chi connectivity index (χ4v) is 3.79. The van der Waals surface area contributed by atoms with Crippen LogP contribution in [-0.2, 0) is 4.79 Å². The van der Waals surface area contributed by atoms with Crippen LogP contribution >= 0.6 is 0 Å². The first-order valence-corrected chi connectivity index (χ1v) is 8.84. The summed E-state index contributed by atoms with van der Waals surface area (Å²) in [5.41, 5.74) is 6.60. The van der Waals surface area contributed by atoms with Crippen LogP contribution in [0.3, 0.4) is 0 Å². The summed E-state index contributed by atoms with van der Waals surface area (Å²) in [6.07, 6.45) is 9.25. The Labute approximate surface area is 151 Å². The second-order valence-electron chi connectivity index (χ2n) is 6.85. The van der Waals surface area contributed by atoms with E-state index in [0.717, 1.165) is 42.9 Å². The van der Waals surface area contributed by atoms with Crippen LogP contribution in [0.25, 0.3) is 11.0 Å². The van der Waals surface area contributed by atoms with E-state index in [1.165, 1.54) is 0 Å². The minimum atomic E-state index is -0.885. The first kappa shape index (κ1) is 16.7. The van der Waals surface area contributed by atoms with Gasteiger partial charge in [0.15, 0.2) is 5.60 Å². The van der Waals surface area contributed by atoms with Crippen molar-refractivity contribution in [3.8, 4) is 5.75 Å². The monoisotopic (exact) mass is 353 g/mol. The fourth-order valence-electron chi connectivity index (χ4n) is 3.79. The van der Waals surface area contributed by atoms with E-state index in [1.54, 1.807) is 6.20 Å². The number of H-pyrrole nitrogens is 1. The van der Waals surface area contributed by atoms with Crippen LogP contribution in [-0.4, -0.2) is 52.6 Å². The van der Waals surface area contributed by atoms with Crippen molar-refractivity contribution in [3.63, 3.8) is 0 Å². The summed E-state index contributed by atoms with van der Waals surface area (Å²) >= 11 is 0. The Bertz CT molecular complexity index is 881. The molecule has 0 radical (unpaired) electrons. The maximum absolute atomic E-state index is 12.2. The van der Waals surface area contributed by atoms with Crippen molar-refractivity contribution in [1.82, 2.24) is 20.2 Å². The summed E-state index contributed by atoms with van der Waals surface area (Å²) in [5, 5.41) is 4.31. The van der Waals surface area contributed by atoms with Crippen molar-refractivity contribution in [2.75, 3.05) is 26.2 Å². The van der Waals surface area contributed by atoms with Gasteiger partial charge in [-0.25, -0.2) is 4.98 Å². The largest absolute Gasteiger partial charge is 0.479 e. The van der Waals surface area contributed by atoms with Crippen LogP contribution in [0.5, 0.6) is 5.75 Å². The lowest BCUT2D eigenvalue weighted by Gasteiger charge is -2.44. The molecule has 7 nitrogen and oxygen atoms in total. The Morgan fingerprint density at radius 1 is 1.42 bits per heavy atom. The number of nitrogens with one attached hydrogen (secondary N) is 2. The number of hydrogen-bond donors (Lipinski definition) is 3. The number of hydrogen-bond acceptors (Lipinski definition) is 5. The standard InChI is InChI=1S/C19H23N5O2/c1-19(26-14-11-13-5-6-22-18(13)23-12-14)15(17(20)25)3-2-4-16(19)24-9-7-21-8-10-24/h2-6,11-12,15,21H,7-10H2,1H3,(H2,20,25)(H,22,23). The molecule has 1 saturated heterocycles. The zero-order valence-electron chi connectivity index (χ0n) is 14.7. The number of ether oxygens (including phenoxy) is 1. The van der Waals surface area contributed by atoms with E-state index in [9.17, 15) is 4.79 Å². The minimum absolute atomic E-state index is 0.403. The van der Waals surface area contributed by atoms with Crippen LogP contribution in [0.1, 0.15) is 6.92 Å². The van der Waals surface area contributed by atoms with E-state index in [0.29, 0.717) is 5.75 Å². The molecule has 0 aromatic carbocycles. The van der Waals surface area contributed by atoms with Crippen LogP contribution in [0.15, 0.2) is 48.5 Å². The van der Waals surface area contributed by atoms with Crippen molar-refractivity contribution in [2.45, 2.75) is 12.5 Å². The molecule has 2 aliphatic rings. The molecular formula is C19H23N5O2. The highest BCUT2D eigenvalue weighted by atomic mass is 16.5. The van der Waals surface area contributed by atoms with E-state index in [2.05, 4.69) is 20.2 Å². The molecule has 26 heavy (non-hydrogen) atoms. The predicted octanol–water partition coefficient (Wildman–Crippen LogP) is 1.16. The van der Waals surface area contributed by atoms with Gasteiger partial charge in [-0.05, 0) is 25.1 Å². The number of pyridine rings is 1. The van der Waals surface area contributed by atoms with Gasteiger partial charge in [0.2, 0.25) is 5.91 Å². The Hall–Kier alpha value is -2.80. The zero-order valence-corrected chi connectivity index (χ0v) is 14.7. The third kappa shape index (κ3) is 2.84. The molecule has 7 heteroatoms. The number of amides is 1. The maximum Gasteiger partial charge on any atom is 0.228 e. The molecule has 1 amide bonds.